The van der Waals surface area contributed by atoms with Gasteiger partial charge in [-0.15, -0.1) is 6.42 Å². The number of morpholine rings is 1. The fraction of sp³-hybridized carbons (Fsp3) is 0.448. The number of benzene rings is 2. The van der Waals surface area contributed by atoms with Gasteiger partial charge < -0.3 is 15.0 Å². The quantitative estimate of drug-likeness (QED) is 0.418. The Morgan fingerprint density at radius 1 is 1.14 bits per heavy atom. The van der Waals surface area contributed by atoms with E-state index in [-0.39, 0.29) is 5.56 Å². The number of aryl methyl sites for hydroxylation is 2. The third kappa shape index (κ3) is 4.50. The maximum absolute atomic E-state index is 15.5. The SMILES string of the molecule is C#C[C@H](C)C(F)(F)c1cccc([C@@H](C)Nc2nc(C)nc3c4c(c(N5CCOCC5)cc23)CCC4)c1F. The minimum Gasteiger partial charge on any atom is -0.378 e. The highest BCUT2D eigenvalue weighted by Crippen LogP contribution is 2.41. The van der Waals surface area contributed by atoms with Crippen LogP contribution < -0.4 is 10.2 Å². The molecule has 0 spiro atoms. The molecule has 1 aliphatic carbocycles. The highest BCUT2D eigenvalue weighted by Gasteiger charge is 2.41. The zero-order valence-corrected chi connectivity index (χ0v) is 21.4. The van der Waals surface area contributed by atoms with Gasteiger partial charge in [-0.25, -0.2) is 14.4 Å². The van der Waals surface area contributed by atoms with Crippen molar-refractivity contribution in [2.75, 3.05) is 36.5 Å². The molecule has 1 fully saturated rings. The van der Waals surface area contributed by atoms with Gasteiger partial charge >= 0.3 is 0 Å². The summed E-state index contributed by atoms with van der Waals surface area (Å²) in [5.74, 6) is -2.68. The minimum atomic E-state index is -3.49. The molecule has 1 aromatic heterocycles. The Hall–Kier alpha value is -3.31. The topological polar surface area (TPSA) is 50.3 Å². The van der Waals surface area contributed by atoms with Crippen molar-refractivity contribution in [2.24, 2.45) is 5.92 Å². The zero-order valence-electron chi connectivity index (χ0n) is 21.4. The molecule has 2 atom stereocenters. The molecule has 0 radical (unpaired) electrons. The number of nitrogens with one attached hydrogen (secondary N) is 1. The average molecular weight is 509 g/mol. The van der Waals surface area contributed by atoms with Crippen molar-refractivity contribution in [3.63, 3.8) is 0 Å². The molecular formula is C29H31F3N4O. The Kier molecular flexibility index (Phi) is 6.76. The van der Waals surface area contributed by atoms with E-state index in [1.807, 2.05) is 12.8 Å². The molecule has 3 aromatic rings. The summed E-state index contributed by atoms with van der Waals surface area (Å²) in [5, 5.41) is 4.16. The summed E-state index contributed by atoms with van der Waals surface area (Å²) in [5.41, 5.74) is 4.06. The third-order valence-electron chi connectivity index (χ3n) is 7.50. The summed E-state index contributed by atoms with van der Waals surface area (Å²) < 4.78 is 50.7. The monoisotopic (exact) mass is 508 g/mol. The third-order valence-corrected chi connectivity index (χ3v) is 7.50. The van der Waals surface area contributed by atoms with Crippen molar-refractivity contribution in [2.45, 2.75) is 52.0 Å². The summed E-state index contributed by atoms with van der Waals surface area (Å²) in [6.45, 7) is 7.77. The van der Waals surface area contributed by atoms with Crippen LogP contribution in [-0.2, 0) is 23.5 Å². The number of rotatable bonds is 6. The van der Waals surface area contributed by atoms with E-state index in [0.717, 1.165) is 49.3 Å². The Labute approximate surface area is 215 Å². The number of terminal acetylenes is 1. The summed E-state index contributed by atoms with van der Waals surface area (Å²) in [4.78, 5) is 11.8. The lowest BCUT2D eigenvalue weighted by molar-refractivity contribution is -0.0404. The number of hydrogen-bond acceptors (Lipinski definition) is 5. The summed E-state index contributed by atoms with van der Waals surface area (Å²) in [6, 6.07) is 5.54. The van der Waals surface area contributed by atoms with E-state index < -0.39 is 29.3 Å². The number of halogens is 3. The van der Waals surface area contributed by atoms with Gasteiger partial charge in [-0.3, -0.25) is 0 Å². The number of ether oxygens (including phenoxy) is 1. The Bertz CT molecular complexity index is 1380. The van der Waals surface area contributed by atoms with Crippen LogP contribution in [0.2, 0.25) is 0 Å². The second kappa shape index (κ2) is 9.86. The van der Waals surface area contributed by atoms with Crippen molar-refractivity contribution in [3.05, 3.63) is 58.2 Å². The molecule has 8 heteroatoms. The minimum absolute atomic E-state index is 0.125. The lowest BCUT2D eigenvalue weighted by Gasteiger charge is -2.31. The average Bonchev–Trinajstić information content (AvgIpc) is 3.38. The van der Waals surface area contributed by atoms with Crippen molar-refractivity contribution in [3.8, 4) is 12.3 Å². The number of hydrogen-bond donors (Lipinski definition) is 1. The Morgan fingerprint density at radius 3 is 2.59 bits per heavy atom. The van der Waals surface area contributed by atoms with E-state index in [2.05, 4.69) is 21.3 Å². The molecular weight excluding hydrogens is 477 g/mol. The molecule has 2 aromatic carbocycles. The number of anilines is 2. The maximum Gasteiger partial charge on any atom is 0.289 e. The lowest BCUT2D eigenvalue weighted by Crippen LogP contribution is -2.36. The van der Waals surface area contributed by atoms with Crippen LogP contribution in [-0.4, -0.2) is 36.3 Å². The van der Waals surface area contributed by atoms with Gasteiger partial charge in [-0.05, 0) is 57.2 Å². The van der Waals surface area contributed by atoms with E-state index in [4.69, 9.17) is 16.1 Å². The lowest BCUT2D eigenvalue weighted by atomic mass is 9.93. The standard InChI is InChI=1S/C29H31F3N4O/c1-5-17(2)29(31,32)24-11-7-8-20(26(24)30)18(3)33-28-23-16-25(36-12-14-37-15-13-36)21-9-6-10-22(21)27(23)34-19(4)35-28/h1,7-8,11,16-18H,6,9-10,12-15H2,2-4H3,(H,33,34,35)/t17-,18+/m0/s1. The normalized spacial score (nSPS) is 17.4. The van der Waals surface area contributed by atoms with Gasteiger partial charge in [-0.1, -0.05) is 24.1 Å². The number of alkyl halides is 2. The summed E-state index contributed by atoms with van der Waals surface area (Å²) in [7, 11) is 0. The molecule has 1 aliphatic heterocycles. The van der Waals surface area contributed by atoms with Gasteiger partial charge in [0, 0.05) is 29.7 Å². The fourth-order valence-electron chi connectivity index (χ4n) is 5.42. The van der Waals surface area contributed by atoms with Crippen molar-refractivity contribution in [1.82, 2.24) is 9.97 Å². The van der Waals surface area contributed by atoms with Crippen molar-refractivity contribution in [1.29, 1.82) is 0 Å². The Balaban J connectivity index is 1.57. The molecule has 2 heterocycles. The highest BCUT2D eigenvalue weighted by molar-refractivity contribution is 5.96. The smallest absolute Gasteiger partial charge is 0.289 e. The second-order valence-corrected chi connectivity index (χ2v) is 9.91. The van der Waals surface area contributed by atoms with E-state index in [1.165, 1.54) is 35.9 Å². The van der Waals surface area contributed by atoms with Crippen LogP contribution in [0.4, 0.5) is 24.7 Å². The zero-order chi connectivity index (χ0) is 26.3. The number of aromatic nitrogens is 2. The van der Waals surface area contributed by atoms with E-state index in [1.54, 1.807) is 6.92 Å². The van der Waals surface area contributed by atoms with Crippen LogP contribution in [0, 0.1) is 31.0 Å². The van der Waals surface area contributed by atoms with Gasteiger partial charge in [0.1, 0.15) is 17.5 Å². The molecule has 1 saturated heterocycles. The van der Waals surface area contributed by atoms with Gasteiger partial charge in [0.05, 0.1) is 36.3 Å². The number of nitrogens with zero attached hydrogens (tertiary/aromatic N) is 3. The predicted molar refractivity (Wildman–Crippen MR) is 140 cm³/mol. The van der Waals surface area contributed by atoms with Gasteiger partial charge in [0.2, 0.25) is 0 Å². The van der Waals surface area contributed by atoms with Crippen molar-refractivity contribution >= 4 is 22.4 Å². The van der Waals surface area contributed by atoms with Crippen LogP contribution in [0.15, 0.2) is 24.3 Å². The first-order chi connectivity index (χ1) is 17.7. The van der Waals surface area contributed by atoms with Crippen LogP contribution in [0.5, 0.6) is 0 Å². The van der Waals surface area contributed by atoms with E-state index in [0.29, 0.717) is 24.9 Å². The predicted octanol–water partition coefficient (Wildman–Crippen LogP) is 5.94. The van der Waals surface area contributed by atoms with Crippen LogP contribution >= 0.6 is 0 Å². The van der Waals surface area contributed by atoms with Gasteiger partial charge in [0.15, 0.2) is 0 Å². The van der Waals surface area contributed by atoms with Crippen LogP contribution in [0.3, 0.4) is 0 Å². The van der Waals surface area contributed by atoms with Gasteiger partial charge in [-0.2, -0.15) is 8.78 Å². The molecule has 0 unspecified atom stereocenters. The molecule has 5 rings (SSSR count). The summed E-state index contributed by atoms with van der Waals surface area (Å²) in [6.07, 6.45) is 8.24. The Morgan fingerprint density at radius 2 is 1.86 bits per heavy atom. The molecule has 37 heavy (non-hydrogen) atoms. The first-order valence-corrected chi connectivity index (χ1v) is 12.8. The largest absolute Gasteiger partial charge is 0.378 e. The number of fused-ring (bicyclic) bond motifs is 3. The molecule has 5 nitrogen and oxygen atoms in total. The molecule has 0 bridgehead atoms. The van der Waals surface area contributed by atoms with Crippen LogP contribution in [0.25, 0.3) is 10.9 Å². The molecule has 1 N–H and O–H groups in total. The first-order valence-electron chi connectivity index (χ1n) is 12.8. The second-order valence-electron chi connectivity index (χ2n) is 9.91. The highest BCUT2D eigenvalue weighted by atomic mass is 19.3. The molecule has 194 valence electrons. The fourth-order valence-corrected chi connectivity index (χ4v) is 5.42. The maximum atomic E-state index is 15.5. The van der Waals surface area contributed by atoms with Gasteiger partial charge in [0.25, 0.3) is 5.92 Å². The molecule has 0 saturated carbocycles. The molecule has 0 amide bonds. The first kappa shape index (κ1) is 25.3. The van der Waals surface area contributed by atoms with E-state index >= 15 is 4.39 Å². The van der Waals surface area contributed by atoms with Crippen molar-refractivity contribution < 1.29 is 17.9 Å². The summed E-state index contributed by atoms with van der Waals surface area (Å²) >= 11 is 0. The van der Waals surface area contributed by atoms with E-state index in [9.17, 15) is 8.78 Å². The van der Waals surface area contributed by atoms with Crippen LogP contribution in [0.1, 0.15) is 54.4 Å². The molecule has 2 aliphatic rings.